The molecule has 4 nitrogen and oxygen atoms in total. The van der Waals surface area contributed by atoms with E-state index in [4.69, 9.17) is 4.98 Å². The van der Waals surface area contributed by atoms with E-state index < -0.39 is 0 Å². The van der Waals surface area contributed by atoms with Crippen molar-refractivity contribution in [1.29, 1.82) is 0 Å². The van der Waals surface area contributed by atoms with Crippen molar-refractivity contribution in [3.63, 3.8) is 0 Å². The fourth-order valence-electron chi connectivity index (χ4n) is 3.04. The average Bonchev–Trinajstić information content (AvgIpc) is 2.78. The summed E-state index contributed by atoms with van der Waals surface area (Å²) in [6, 6.07) is 32.9. The van der Waals surface area contributed by atoms with Crippen molar-refractivity contribution in [3.8, 4) is 0 Å². The number of rotatable bonds is 7. The third-order valence-corrected chi connectivity index (χ3v) is 4.46. The molecule has 1 aromatic heterocycles. The van der Waals surface area contributed by atoms with Gasteiger partial charge in [0.15, 0.2) is 0 Å². The zero-order chi connectivity index (χ0) is 19.0. The smallest absolute Gasteiger partial charge is 0.224 e. The molecule has 0 saturated carbocycles. The predicted octanol–water partition coefficient (Wildman–Crippen LogP) is 5.43. The molecule has 0 spiro atoms. The minimum atomic E-state index is 0.621. The molecule has 28 heavy (non-hydrogen) atoms. The van der Waals surface area contributed by atoms with E-state index in [-0.39, 0.29) is 0 Å². The van der Waals surface area contributed by atoms with Crippen LogP contribution in [0.3, 0.4) is 0 Å². The van der Waals surface area contributed by atoms with Crippen molar-refractivity contribution in [2.75, 3.05) is 10.2 Å². The Morgan fingerprint density at radius 3 is 1.96 bits per heavy atom. The normalized spacial score (nSPS) is 10.4. The van der Waals surface area contributed by atoms with Gasteiger partial charge in [-0.1, -0.05) is 78.9 Å². The first-order valence-electron chi connectivity index (χ1n) is 9.36. The Labute approximate surface area is 165 Å². The van der Waals surface area contributed by atoms with Crippen molar-refractivity contribution < 1.29 is 0 Å². The molecule has 138 valence electrons. The fourth-order valence-corrected chi connectivity index (χ4v) is 3.04. The van der Waals surface area contributed by atoms with E-state index in [2.05, 4.69) is 63.7 Å². The van der Waals surface area contributed by atoms with Gasteiger partial charge in [-0.05, 0) is 29.3 Å². The van der Waals surface area contributed by atoms with Crippen LogP contribution in [0, 0.1) is 0 Å². The predicted molar refractivity (Wildman–Crippen MR) is 115 cm³/mol. The SMILES string of the molecule is c1ccc(CNc2nccc(N(Cc3ccccc3)c3ccccc3)n2)cc1. The van der Waals surface area contributed by atoms with Crippen LogP contribution < -0.4 is 10.2 Å². The Bertz CT molecular complexity index is 989. The summed E-state index contributed by atoms with van der Waals surface area (Å²) in [5.74, 6) is 1.48. The number of hydrogen-bond acceptors (Lipinski definition) is 4. The van der Waals surface area contributed by atoms with Gasteiger partial charge in [0.25, 0.3) is 0 Å². The summed E-state index contributed by atoms with van der Waals surface area (Å²) in [5, 5.41) is 3.32. The Kier molecular flexibility index (Phi) is 5.59. The minimum Gasteiger partial charge on any atom is -0.350 e. The lowest BCUT2D eigenvalue weighted by Gasteiger charge is -2.24. The van der Waals surface area contributed by atoms with Crippen LogP contribution in [0.2, 0.25) is 0 Å². The third kappa shape index (κ3) is 4.54. The van der Waals surface area contributed by atoms with Gasteiger partial charge in [-0.25, -0.2) is 4.98 Å². The number of hydrogen-bond donors (Lipinski definition) is 1. The van der Waals surface area contributed by atoms with Crippen molar-refractivity contribution >= 4 is 17.5 Å². The summed E-state index contributed by atoms with van der Waals surface area (Å²) in [5.41, 5.74) is 3.52. The van der Waals surface area contributed by atoms with Gasteiger partial charge in [-0.3, -0.25) is 0 Å². The minimum absolute atomic E-state index is 0.621. The first-order valence-corrected chi connectivity index (χ1v) is 9.36. The Hall–Kier alpha value is -3.66. The molecule has 0 radical (unpaired) electrons. The highest BCUT2D eigenvalue weighted by Crippen LogP contribution is 2.26. The van der Waals surface area contributed by atoms with Crippen LogP contribution in [0.1, 0.15) is 11.1 Å². The number of nitrogens with zero attached hydrogens (tertiary/aromatic N) is 3. The van der Waals surface area contributed by atoms with E-state index in [9.17, 15) is 0 Å². The lowest BCUT2D eigenvalue weighted by Crippen LogP contribution is -2.18. The standard InChI is InChI=1S/C24H22N4/c1-4-10-20(11-5-1)18-26-24-25-17-16-23(27-24)28(22-14-8-3-9-15-22)19-21-12-6-2-7-13-21/h1-17H,18-19H2,(H,25,26,27). The van der Waals surface area contributed by atoms with Crippen LogP contribution in [0.4, 0.5) is 17.5 Å². The largest absolute Gasteiger partial charge is 0.350 e. The lowest BCUT2D eigenvalue weighted by molar-refractivity contribution is 0.933. The van der Waals surface area contributed by atoms with Gasteiger partial charge < -0.3 is 10.2 Å². The van der Waals surface area contributed by atoms with E-state index in [0.29, 0.717) is 12.5 Å². The maximum Gasteiger partial charge on any atom is 0.224 e. The van der Waals surface area contributed by atoms with Crippen LogP contribution in [0.5, 0.6) is 0 Å². The molecule has 3 aromatic carbocycles. The molecule has 0 amide bonds. The Balaban J connectivity index is 1.59. The average molecular weight is 366 g/mol. The molecule has 4 rings (SSSR count). The molecule has 0 bridgehead atoms. The molecule has 4 heteroatoms. The highest BCUT2D eigenvalue weighted by Gasteiger charge is 2.12. The Morgan fingerprint density at radius 1 is 0.679 bits per heavy atom. The van der Waals surface area contributed by atoms with Gasteiger partial charge in [0.05, 0.1) is 0 Å². The molecule has 0 fully saturated rings. The molecule has 0 saturated heterocycles. The second-order valence-corrected chi connectivity index (χ2v) is 6.48. The van der Waals surface area contributed by atoms with E-state index >= 15 is 0 Å². The molecule has 0 aliphatic rings. The maximum absolute atomic E-state index is 4.76. The van der Waals surface area contributed by atoms with Crippen molar-refractivity contribution in [1.82, 2.24) is 9.97 Å². The zero-order valence-corrected chi connectivity index (χ0v) is 15.6. The molecular weight excluding hydrogens is 344 g/mol. The molecule has 0 aliphatic heterocycles. The van der Waals surface area contributed by atoms with Crippen LogP contribution in [-0.4, -0.2) is 9.97 Å². The van der Waals surface area contributed by atoms with Crippen molar-refractivity contribution in [2.24, 2.45) is 0 Å². The monoisotopic (exact) mass is 366 g/mol. The number of para-hydroxylation sites is 1. The van der Waals surface area contributed by atoms with Gasteiger partial charge in [0.1, 0.15) is 5.82 Å². The number of aromatic nitrogens is 2. The van der Waals surface area contributed by atoms with Crippen LogP contribution in [0.15, 0.2) is 103 Å². The quantitative estimate of drug-likeness (QED) is 0.474. The van der Waals surface area contributed by atoms with E-state index in [1.807, 2.05) is 48.5 Å². The van der Waals surface area contributed by atoms with Crippen LogP contribution >= 0.6 is 0 Å². The molecule has 4 aromatic rings. The molecule has 0 unspecified atom stereocenters. The summed E-state index contributed by atoms with van der Waals surface area (Å²) in [7, 11) is 0. The summed E-state index contributed by atoms with van der Waals surface area (Å²) in [6.45, 7) is 1.42. The third-order valence-electron chi connectivity index (χ3n) is 4.46. The second kappa shape index (κ2) is 8.82. The summed E-state index contributed by atoms with van der Waals surface area (Å²) in [6.07, 6.45) is 1.80. The molecule has 1 heterocycles. The molecular formula is C24H22N4. The van der Waals surface area contributed by atoms with Gasteiger partial charge in [-0.15, -0.1) is 0 Å². The Morgan fingerprint density at radius 2 is 1.29 bits per heavy atom. The van der Waals surface area contributed by atoms with Crippen LogP contribution in [-0.2, 0) is 13.1 Å². The highest BCUT2D eigenvalue weighted by molar-refractivity contribution is 5.60. The van der Waals surface area contributed by atoms with Crippen molar-refractivity contribution in [3.05, 3.63) is 114 Å². The van der Waals surface area contributed by atoms with E-state index in [1.54, 1.807) is 6.20 Å². The highest BCUT2D eigenvalue weighted by atomic mass is 15.2. The van der Waals surface area contributed by atoms with E-state index in [0.717, 1.165) is 18.1 Å². The first-order chi connectivity index (χ1) is 13.9. The van der Waals surface area contributed by atoms with Crippen LogP contribution in [0.25, 0.3) is 0 Å². The summed E-state index contributed by atoms with van der Waals surface area (Å²) < 4.78 is 0. The maximum atomic E-state index is 4.76. The van der Waals surface area contributed by atoms with Crippen molar-refractivity contribution in [2.45, 2.75) is 13.1 Å². The number of nitrogens with one attached hydrogen (secondary N) is 1. The summed E-state index contributed by atoms with van der Waals surface area (Å²) >= 11 is 0. The van der Waals surface area contributed by atoms with Gasteiger partial charge >= 0.3 is 0 Å². The molecule has 1 N–H and O–H groups in total. The first kappa shape index (κ1) is 17.7. The van der Waals surface area contributed by atoms with Gasteiger partial charge in [0.2, 0.25) is 5.95 Å². The lowest BCUT2D eigenvalue weighted by atomic mass is 10.2. The molecule has 0 aliphatic carbocycles. The van der Waals surface area contributed by atoms with E-state index in [1.165, 1.54) is 11.1 Å². The summed E-state index contributed by atoms with van der Waals surface area (Å²) in [4.78, 5) is 11.4. The second-order valence-electron chi connectivity index (χ2n) is 6.48. The number of anilines is 3. The van der Waals surface area contributed by atoms with Gasteiger partial charge in [0, 0.05) is 25.0 Å². The van der Waals surface area contributed by atoms with Gasteiger partial charge in [-0.2, -0.15) is 4.98 Å². The topological polar surface area (TPSA) is 41.1 Å². The fraction of sp³-hybridized carbons (Fsp3) is 0.0833. The zero-order valence-electron chi connectivity index (χ0n) is 15.6. The number of benzene rings is 3. The molecule has 0 atom stereocenters.